The van der Waals surface area contributed by atoms with Gasteiger partial charge in [-0.15, -0.1) is 0 Å². The predicted molar refractivity (Wildman–Crippen MR) is 125 cm³/mol. The van der Waals surface area contributed by atoms with Gasteiger partial charge in [0.05, 0.1) is 25.7 Å². The molecule has 3 N–H and O–H groups in total. The first-order valence-corrected chi connectivity index (χ1v) is 14.3. The van der Waals surface area contributed by atoms with Crippen LogP contribution in [0, 0.1) is 11.8 Å². The van der Waals surface area contributed by atoms with E-state index in [1.54, 1.807) is 14.7 Å². The standard InChI is InChI=1S/C23H35N5O6S/c29-4-3-24-17-5-14-10-27(11-15(14)6-17)35(31,32)28-19-1-2-20(28)8-18(7-19)25-23(30)21-9-22(34-26-21)16-12-33-13-16/h9,14-20,24,29H,1-8,10-13H2,(H,25,30)/t14-,15+,17?,18?,19-,20+. The third-order valence-electron chi connectivity index (χ3n) is 8.66. The van der Waals surface area contributed by atoms with Gasteiger partial charge in [0.1, 0.15) is 5.76 Å². The van der Waals surface area contributed by atoms with Crippen LogP contribution >= 0.6 is 0 Å². The number of fused-ring (bicyclic) bond motifs is 3. The minimum Gasteiger partial charge on any atom is -0.395 e. The van der Waals surface area contributed by atoms with Crippen molar-refractivity contribution in [3.05, 3.63) is 17.5 Å². The molecule has 5 aliphatic rings. The van der Waals surface area contributed by atoms with Crippen molar-refractivity contribution in [2.75, 3.05) is 39.5 Å². The molecule has 0 spiro atoms. The summed E-state index contributed by atoms with van der Waals surface area (Å²) in [7, 11) is -3.53. The van der Waals surface area contributed by atoms with Gasteiger partial charge in [0.15, 0.2) is 5.69 Å². The van der Waals surface area contributed by atoms with Gasteiger partial charge in [0, 0.05) is 49.9 Å². The maximum absolute atomic E-state index is 13.7. The lowest BCUT2D eigenvalue weighted by molar-refractivity contribution is -0.00228. The molecule has 2 bridgehead atoms. The Bertz CT molecular complexity index is 1020. The van der Waals surface area contributed by atoms with E-state index in [0.717, 1.165) is 25.7 Å². The van der Waals surface area contributed by atoms with Gasteiger partial charge >= 0.3 is 0 Å². The molecule has 4 saturated heterocycles. The molecule has 35 heavy (non-hydrogen) atoms. The number of hydrogen-bond donors (Lipinski definition) is 3. The highest BCUT2D eigenvalue weighted by atomic mass is 32.2. The second-order valence-electron chi connectivity index (χ2n) is 10.9. The van der Waals surface area contributed by atoms with Gasteiger partial charge in [-0.25, -0.2) is 0 Å². The van der Waals surface area contributed by atoms with Gasteiger partial charge in [-0.1, -0.05) is 5.16 Å². The zero-order chi connectivity index (χ0) is 24.2. The van der Waals surface area contributed by atoms with Crippen molar-refractivity contribution in [1.82, 2.24) is 24.4 Å². The number of nitrogens with one attached hydrogen (secondary N) is 2. The Labute approximate surface area is 205 Å². The highest BCUT2D eigenvalue weighted by Crippen LogP contribution is 2.43. The number of aliphatic hydroxyl groups is 1. The van der Waals surface area contributed by atoms with Crippen LogP contribution < -0.4 is 10.6 Å². The summed E-state index contributed by atoms with van der Waals surface area (Å²) in [6.07, 6.45) is 4.84. The van der Waals surface area contributed by atoms with Gasteiger partial charge in [-0.2, -0.15) is 17.0 Å². The van der Waals surface area contributed by atoms with Crippen LogP contribution in [-0.2, 0) is 14.9 Å². The number of carbonyl (C=O) groups excluding carboxylic acids is 1. The van der Waals surface area contributed by atoms with Crippen LogP contribution in [0.3, 0.4) is 0 Å². The molecule has 2 unspecified atom stereocenters. The van der Waals surface area contributed by atoms with Crippen LogP contribution in [0.5, 0.6) is 0 Å². The normalized spacial score (nSPS) is 35.8. The molecule has 0 aromatic carbocycles. The van der Waals surface area contributed by atoms with Crippen LogP contribution in [0.4, 0.5) is 0 Å². The summed E-state index contributed by atoms with van der Waals surface area (Å²) in [6.45, 7) is 3.07. The molecule has 1 saturated carbocycles. The van der Waals surface area contributed by atoms with Crippen molar-refractivity contribution < 1.29 is 27.6 Å². The molecule has 6 rings (SSSR count). The van der Waals surface area contributed by atoms with E-state index in [-0.39, 0.29) is 42.3 Å². The number of carbonyl (C=O) groups is 1. The topological polar surface area (TPSA) is 137 Å². The number of ether oxygens (including phenoxy) is 1. The van der Waals surface area contributed by atoms with E-state index >= 15 is 0 Å². The van der Waals surface area contributed by atoms with Crippen LogP contribution in [0.1, 0.15) is 60.7 Å². The Kier molecular flexibility index (Phi) is 6.38. The van der Waals surface area contributed by atoms with Gasteiger partial charge in [-0.3, -0.25) is 4.79 Å². The monoisotopic (exact) mass is 509 g/mol. The predicted octanol–water partition coefficient (Wildman–Crippen LogP) is 0.0507. The molecule has 1 aromatic rings. The summed E-state index contributed by atoms with van der Waals surface area (Å²) >= 11 is 0. The first kappa shape index (κ1) is 23.8. The quantitative estimate of drug-likeness (QED) is 0.447. The van der Waals surface area contributed by atoms with Gasteiger partial charge in [-0.05, 0) is 50.4 Å². The fourth-order valence-corrected chi connectivity index (χ4v) is 9.05. The van der Waals surface area contributed by atoms with Crippen molar-refractivity contribution in [2.45, 2.75) is 68.6 Å². The zero-order valence-electron chi connectivity index (χ0n) is 19.8. The Morgan fingerprint density at radius 1 is 1.09 bits per heavy atom. The van der Waals surface area contributed by atoms with Crippen molar-refractivity contribution in [3.63, 3.8) is 0 Å². The van der Waals surface area contributed by atoms with Crippen LogP contribution in [0.25, 0.3) is 0 Å². The van der Waals surface area contributed by atoms with E-state index in [2.05, 4.69) is 15.8 Å². The van der Waals surface area contributed by atoms with Crippen molar-refractivity contribution in [3.8, 4) is 0 Å². The first-order chi connectivity index (χ1) is 16.9. The van der Waals surface area contributed by atoms with E-state index < -0.39 is 10.2 Å². The first-order valence-electron chi connectivity index (χ1n) is 12.9. The van der Waals surface area contributed by atoms with E-state index in [0.29, 0.717) is 69.3 Å². The minimum absolute atomic E-state index is 0.0741. The maximum Gasteiger partial charge on any atom is 0.282 e. The van der Waals surface area contributed by atoms with E-state index in [1.165, 1.54) is 0 Å². The average molecular weight is 510 g/mol. The molecule has 5 heterocycles. The van der Waals surface area contributed by atoms with E-state index in [4.69, 9.17) is 14.4 Å². The molecular weight excluding hydrogens is 474 g/mol. The highest BCUT2D eigenvalue weighted by Gasteiger charge is 2.52. The second kappa shape index (κ2) is 9.38. The lowest BCUT2D eigenvalue weighted by atomic mass is 9.99. The van der Waals surface area contributed by atoms with Crippen LogP contribution in [-0.4, -0.2) is 96.8 Å². The smallest absolute Gasteiger partial charge is 0.282 e. The fraction of sp³-hybridized carbons (Fsp3) is 0.826. The Hall–Kier alpha value is -1.57. The number of rotatable bonds is 8. The summed E-state index contributed by atoms with van der Waals surface area (Å²) < 4.78 is 41.3. The van der Waals surface area contributed by atoms with Crippen LogP contribution in [0.2, 0.25) is 0 Å². The number of piperidine rings is 1. The third-order valence-corrected chi connectivity index (χ3v) is 10.7. The highest BCUT2D eigenvalue weighted by molar-refractivity contribution is 7.86. The number of amides is 1. The summed E-state index contributed by atoms with van der Waals surface area (Å²) in [4.78, 5) is 12.8. The number of aliphatic hydroxyl groups excluding tert-OH is 1. The summed E-state index contributed by atoms with van der Waals surface area (Å²) in [6, 6.07) is 1.83. The zero-order valence-corrected chi connectivity index (χ0v) is 20.7. The molecule has 1 aliphatic carbocycles. The average Bonchev–Trinajstić information content (AvgIpc) is 3.54. The van der Waals surface area contributed by atoms with Crippen molar-refractivity contribution >= 4 is 16.1 Å². The Morgan fingerprint density at radius 3 is 2.37 bits per heavy atom. The Morgan fingerprint density at radius 2 is 1.77 bits per heavy atom. The molecule has 4 aliphatic heterocycles. The Balaban J connectivity index is 1.05. The van der Waals surface area contributed by atoms with E-state index in [1.807, 2.05) is 0 Å². The van der Waals surface area contributed by atoms with Crippen molar-refractivity contribution in [1.29, 1.82) is 0 Å². The number of aromatic nitrogens is 1. The van der Waals surface area contributed by atoms with Crippen LogP contribution in [0.15, 0.2) is 10.6 Å². The van der Waals surface area contributed by atoms with Gasteiger partial charge in [0.2, 0.25) is 0 Å². The minimum atomic E-state index is -3.53. The molecule has 6 atom stereocenters. The van der Waals surface area contributed by atoms with Crippen molar-refractivity contribution in [2.24, 2.45) is 11.8 Å². The summed E-state index contributed by atoms with van der Waals surface area (Å²) in [5, 5.41) is 19.4. The van der Waals surface area contributed by atoms with E-state index in [9.17, 15) is 13.2 Å². The summed E-state index contributed by atoms with van der Waals surface area (Å²) in [5.41, 5.74) is 0.268. The molecule has 11 nitrogen and oxygen atoms in total. The summed E-state index contributed by atoms with van der Waals surface area (Å²) in [5.74, 6) is 1.34. The van der Waals surface area contributed by atoms with Gasteiger partial charge in [0.25, 0.3) is 16.1 Å². The maximum atomic E-state index is 13.7. The SMILES string of the molecule is O=C(NC1C[C@H]2CC[C@@H](C1)N2S(=O)(=O)N1C[C@H]2CC(NCCO)C[C@H]2C1)c1cc(C2COC2)on1. The molecule has 194 valence electrons. The molecule has 1 aromatic heterocycles. The molecule has 5 fully saturated rings. The molecule has 1 amide bonds. The second-order valence-corrected chi connectivity index (χ2v) is 12.7. The lowest BCUT2D eigenvalue weighted by Crippen LogP contribution is -2.55. The third kappa shape index (κ3) is 4.42. The number of hydrogen-bond acceptors (Lipinski definition) is 8. The lowest BCUT2D eigenvalue weighted by Gasteiger charge is -2.40. The molecule has 12 heteroatoms. The molecular formula is C23H35N5O6S. The van der Waals surface area contributed by atoms with Gasteiger partial charge < -0.3 is 25.0 Å². The largest absolute Gasteiger partial charge is 0.395 e. The number of nitrogens with zero attached hydrogens (tertiary/aromatic N) is 3. The fourth-order valence-electron chi connectivity index (χ4n) is 6.89. The molecule has 0 radical (unpaired) electrons.